The molecule has 1 atom stereocenters. The van der Waals surface area contributed by atoms with Crippen LogP contribution in [0.25, 0.3) is 0 Å². The predicted octanol–water partition coefficient (Wildman–Crippen LogP) is 3.18. The van der Waals surface area contributed by atoms with Crippen molar-refractivity contribution in [3.05, 3.63) is 64.1 Å². The van der Waals surface area contributed by atoms with Crippen molar-refractivity contribution in [3.63, 3.8) is 0 Å². The quantitative estimate of drug-likeness (QED) is 0.861. The van der Waals surface area contributed by atoms with Gasteiger partial charge in [0.25, 0.3) is 0 Å². The number of halogens is 2. The van der Waals surface area contributed by atoms with E-state index in [0.29, 0.717) is 5.56 Å². The normalized spacial score (nSPS) is 14.5. The lowest BCUT2D eigenvalue weighted by molar-refractivity contribution is 0.0627. The molecule has 4 nitrogen and oxygen atoms in total. The fourth-order valence-electron chi connectivity index (χ4n) is 1.86. The number of hydrogen-bond donors (Lipinski definition) is 2. The first-order chi connectivity index (χ1) is 10.2. The Labute approximate surface area is 139 Å². The Morgan fingerprint density at radius 1 is 1.09 bits per heavy atom. The molecule has 0 aliphatic carbocycles. The first-order valence-corrected chi connectivity index (χ1v) is 8.69. The zero-order chi connectivity index (χ0) is 16.4. The van der Waals surface area contributed by atoms with Crippen molar-refractivity contribution in [1.82, 2.24) is 4.72 Å². The van der Waals surface area contributed by atoms with E-state index >= 15 is 0 Å². The van der Waals surface area contributed by atoms with E-state index in [0.717, 1.165) is 0 Å². The molecule has 0 spiro atoms. The maximum Gasteiger partial charge on any atom is 0.240 e. The summed E-state index contributed by atoms with van der Waals surface area (Å²) >= 11 is 11.6. The third kappa shape index (κ3) is 4.00. The molecular weight excluding hydrogens is 345 g/mol. The maximum absolute atomic E-state index is 12.2. The van der Waals surface area contributed by atoms with Gasteiger partial charge in [0.2, 0.25) is 10.0 Å². The zero-order valence-electron chi connectivity index (χ0n) is 11.8. The maximum atomic E-state index is 12.2. The minimum Gasteiger partial charge on any atom is -0.384 e. The molecule has 0 radical (unpaired) electrons. The van der Waals surface area contributed by atoms with Crippen molar-refractivity contribution in [1.29, 1.82) is 0 Å². The molecule has 0 saturated carbocycles. The number of rotatable bonds is 5. The SMILES string of the molecule is CC(O)(CNS(=O)(=O)c1ccc(Cl)c(Cl)c1)c1ccccc1. The zero-order valence-corrected chi connectivity index (χ0v) is 14.1. The van der Waals surface area contributed by atoms with E-state index in [4.69, 9.17) is 23.2 Å². The molecule has 0 aliphatic heterocycles. The first kappa shape index (κ1) is 17.2. The van der Waals surface area contributed by atoms with Crippen molar-refractivity contribution < 1.29 is 13.5 Å². The van der Waals surface area contributed by atoms with E-state index in [-0.39, 0.29) is 21.5 Å². The van der Waals surface area contributed by atoms with Crippen LogP contribution >= 0.6 is 23.2 Å². The lowest BCUT2D eigenvalue weighted by Gasteiger charge is -2.24. The van der Waals surface area contributed by atoms with Crippen LogP contribution in [-0.2, 0) is 15.6 Å². The third-order valence-corrected chi connectivity index (χ3v) is 5.34. The highest BCUT2D eigenvalue weighted by Gasteiger charge is 2.26. The standard InChI is InChI=1S/C15H15Cl2NO3S/c1-15(19,11-5-3-2-4-6-11)10-18-22(20,21)12-7-8-13(16)14(17)9-12/h2-9,18-19H,10H2,1H3. The van der Waals surface area contributed by atoms with E-state index in [1.807, 2.05) is 6.07 Å². The van der Waals surface area contributed by atoms with E-state index in [2.05, 4.69) is 4.72 Å². The highest BCUT2D eigenvalue weighted by Crippen LogP contribution is 2.25. The van der Waals surface area contributed by atoms with Gasteiger partial charge in [0, 0.05) is 6.54 Å². The fourth-order valence-corrected chi connectivity index (χ4v) is 3.38. The molecule has 0 heterocycles. The van der Waals surface area contributed by atoms with Gasteiger partial charge in [-0.3, -0.25) is 0 Å². The van der Waals surface area contributed by atoms with E-state index in [1.165, 1.54) is 18.2 Å². The molecule has 118 valence electrons. The summed E-state index contributed by atoms with van der Waals surface area (Å²) in [5, 5.41) is 10.8. The lowest BCUT2D eigenvalue weighted by atomic mass is 9.97. The summed E-state index contributed by atoms with van der Waals surface area (Å²) in [7, 11) is -3.79. The van der Waals surface area contributed by atoms with Crippen LogP contribution in [0, 0.1) is 0 Å². The van der Waals surface area contributed by atoms with Crippen LogP contribution in [0.2, 0.25) is 10.0 Å². The van der Waals surface area contributed by atoms with Gasteiger partial charge in [-0.05, 0) is 30.7 Å². The molecule has 0 amide bonds. The smallest absolute Gasteiger partial charge is 0.240 e. The molecule has 2 aromatic carbocycles. The van der Waals surface area contributed by atoms with Gasteiger partial charge in [0.05, 0.1) is 14.9 Å². The van der Waals surface area contributed by atoms with Gasteiger partial charge in [-0.15, -0.1) is 0 Å². The van der Waals surface area contributed by atoms with Gasteiger partial charge < -0.3 is 5.11 Å². The number of sulfonamides is 1. The van der Waals surface area contributed by atoms with E-state index in [9.17, 15) is 13.5 Å². The highest BCUT2D eigenvalue weighted by molar-refractivity contribution is 7.89. The van der Waals surface area contributed by atoms with Gasteiger partial charge in [-0.1, -0.05) is 53.5 Å². The summed E-state index contributed by atoms with van der Waals surface area (Å²) in [6.45, 7) is 1.37. The van der Waals surface area contributed by atoms with Gasteiger partial charge in [-0.25, -0.2) is 13.1 Å². The molecule has 0 saturated heterocycles. The van der Waals surface area contributed by atoms with Crippen molar-refractivity contribution in [3.8, 4) is 0 Å². The number of aliphatic hydroxyl groups is 1. The molecule has 0 fully saturated rings. The summed E-state index contributed by atoms with van der Waals surface area (Å²) in [6.07, 6.45) is 0. The summed E-state index contributed by atoms with van der Waals surface area (Å²) < 4.78 is 26.9. The van der Waals surface area contributed by atoms with Crippen molar-refractivity contribution >= 4 is 33.2 Å². The van der Waals surface area contributed by atoms with Crippen molar-refractivity contribution in [2.24, 2.45) is 0 Å². The van der Waals surface area contributed by atoms with Crippen LogP contribution in [0.3, 0.4) is 0 Å². The summed E-state index contributed by atoms with van der Waals surface area (Å²) in [4.78, 5) is -0.00855. The van der Waals surface area contributed by atoms with Gasteiger partial charge in [-0.2, -0.15) is 0 Å². The Hall–Kier alpha value is -1.11. The van der Waals surface area contributed by atoms with Crippen molar-refractivity contribution in [2.75, 3.05) is 6.54 Å². The molecule has 2 rings (SSSR count). The van der Waals surface area contributed by atoms with Crippen LogP contribution in [0.4, 0.5) is 0 Å². The first-order valence-electron chi connectivity index (χ1n) is 6.45. The van der Waals surface area contributed by atoms with Gasteiger partial charge in [0.15, 0.2) is 0 Å². The second-order valence-corrected chi connectivity index (χ2v) is 7.62. The average molecular weight is 360 g/mol. The molecule has 0 bridgehead atoms. The van der Waals surface area contributed by atoms with Crippen LogP contribution in [0.15, 0.2) is 53.4 Å². The van der Waals surface area contributed by atoms with Crippen LogP contribution in [-0.4, -0.2) is 20.1 Å². The van der Waals surface area contributed by atoms with Crippen LogP contribution < -0.4 is 4.72 Å². The second kappa shape index (κ2) is 6.56. The Morgan fingerprint density at radius 2 is 1.73 bits per heavy atom. The van der Waals surface area contributed by atoms with Crippen LogP contribution in [0.1, 0.15) is 12.5 Å². The third-order valence-electron chi connectivity index (χ3n) is 3.20. The molecule has 0 aromatic heterocycles. The molecule has 2 aromatic rings. The molecule has 22 heavy (non-hydrogen) atoms. The largest absolute Gasteiger partial charge is 0.384 e. The number of hydrogen-bond acceptors (Lipinski definition) is 3. The summed E-state index contributed by atoms with van der Waals surface area (Å²) in [5.41, 5.74) is -0.711. The van der Waals surface area contributed by atoms with E-state index in [1.54, 1.807) is 31.2 Å². The summed E-state index contributed by atoms with van der Waals surface area (Å²) in [6, 6.07) is 12.9. The molecule has 2 N–H and O–H groups in total. The van der Waals surface area contributed by atoms with Crippen LogP contribution in [0.5, 0.6) is 0 Å². The molecule has 7 heteroatoms. The van der Waals surface area contributed by atoms with Gasteiger partial charge in [0.1, 0.15) is 5.60 Å². The Morgan fingerprint density at radius 3 is 2.32 bits per heavy atom. The minimum atomic E-state index is -3.79. The minimum absolute atomic E-state index is 0.00855. The average Bonchev–Trinajstić information content (AvgIpc) is 2.49. The molecule has 0 aliphatic rings. The van der Waals surface area contributed by atoms with Gasteiger partial charge >= 0.3 is 0 Å². The van der Waals surface area contributed by atoms with Crippen molar-refractivity contribution in [2.45, 2.75) is 17.4 Å². The summed E-state index contributed by atoms with van der Waals surface area (Å²) in [5.74, 6) is 0. The second-order valence-electron chi connectivity index (χ2n) is 5.04. The monoisotopic (exact) mass is 359 g/mol. The highest BCUT2D eigenvalue weighted by atomic mass is 35.5. The Bertz CT molecular complexity index is 762. The Balaban J connectivity index is 2.17. The lowest BCUT2D eigenvalue weighted by Crippen LogP contribution is -2.38. The fraction of sp³-hybridized carbons (Fsp3) is 0.200. The predicted molar refractivity (Wildman–Crippen MR) is 87.7 cm³/mol. The Kier molecular flexibility index (Phi) is 5.14. The molecule has 1 unspecified atom stereocenters. The molecular formula is C15H15Cl2NO3S. The number of nitrogens with one attached hydrogen (secondary N) is 1. The topological polar surface area (TPSA) is 66.4 Å². The van der Waals surface area contributed by atoms with E-state index < -0.39 is 15.6 Å². The number of benzene rings is 2.